The molecule has 1 rings (SSSR count). The van der Waals surface area contributed by atoms with Gasteiger partial charge in [0.05, 0.1) is 0 Å². The molecule has 0 fully saturated rings. The zero-order valence-electron chi connectivity index (χ0n) is 11.2. The van der Waals surface area contributed by atoms with Crippen molar-refractivity contribution in [1.29, 1.82) is 0 Å². The van der Waals surface area contributed by atoms with E-state index in [1.165, 1.54) is 0 Å². The van der Waals surface area contributed by atoms with Gasteiger partial charge in [0.15, 0.2) is 0 Å². The summed E-state index contributed by atoms with van der Waals surface area (Å²) >= 11 is 0. The quantitative estimate of drug-likeness (QED) is 0.519. The number of phenolic OH excluding ortho intramolecular Hbond substituents is 1. The Morgan fingerprint density at radius 3 is 1.69 bits per heavy atom. The third-order valence-corrected chi connectivity index (χ3v) is 2.78. The molecular formula is C14H23NO. The molecule has 1 aromatic carbocycles. The maximum absolute atomic E-state index is 10.1. The van der Waals surface area contributed by atoms with Gasteiger partial charge in [0, 0.05) is 11.3 Å². The Balaban J connectivity index is 3.40. The van der Waals surface area contributed by atoms with Crippen molar-refractivity contribution in [3.63, 3.8) is 0 Å². The molecule has 0 heterocycles. The van der Waals surface area contributed by atoms with Crippen molar-refractivity contribution >= 4 is 5.69 Å². The lowest BCUT2D eigenvalue weighted by atomic mass is 9.80. The summed E-state index contributed by atoms with van der Waals surface area (Å²) in [5, 5.41) is 10.1. The molecule has 1 aromatic rings. The summed E-state index contributed by atoms with van der Waals surface area (Å²) < 4.78 is 0. The molecule has 0 aliphatic rings. The van der Waals surface area contributed by atoms with Gasteiger partial charge in [0.25, 0.3) is 0 Å². The highest BCUT2D eigenvalue weighted by Crippen LogP contribution is 2.38. The first-order chi connectivity index (χ1) is 7.03. The number of hydrogen-bond donors (Lipinski definition) is 2. The number of phenols is 1. The first-order valence-corrected chi connectivity index (χ1v) is 5.67. The van der Waals surface area contributed by atoms with E-state index in [9.17, 15) is 5.11 Å². The lowest BCUT2D eigenvalue weighted by Gasteiger charge is -2.26. The maximum atomic E-state index is 10.1. The summed E-state index contributed by atoms with van der Waals surface area (Å²) in [7, 11) is 0. The molecule has 0 amide bonds. The second kappa shape index (κ2) is 3.69. The van der Waals surface area contributed by atoms with Crippen LogP contribution in [0.1, 0.15) is 52.7 Å². The van der Waals surface area contributed by atoms with E-state index in [2.05, 4.69) is 41.5 Å². The van der Waals surface area contributed by atoms with Crippen LogP contribution in [-0.4, -0.2) is 5.11 Å². The minimum Gasteiger partial charge on any atom is -0.508 e. The Kier molecular flexibility index (Phi) is 2.97. The van der Waals surface area contributed by atoms with Gasteiger partial charge < -0.3 is 10.8 Å². The van der Waals surface area contributed by atoms with Gasteiger partial charge in [-0.05, 0) is 28.5 Å². The van der Waals surface area contributed by atoms with Crippen LogP contribution in [-0.2, 0) is 10.8 Å². The maximum Gasteiger partial charge on any atom is 0.119 e. The molecular weight excluding hydrogens is 198 g/mol. The second-order valence-corrected chi connectivity index (χ2v) is 6.46. The third kappa shape index (κ3) is 2.49. The van der Waals surface area contributed by atoms with Crippen LogP contribution in [0.2, 0.25) is 0 Å². The van der Waals surface area contributed by atoms with Crippen molar-refractivity contribution in [3.8, 4) is 5.75 Å². The monoisotopic (exact) mass is 221 g/mol. The highest BCUT2D eigenvalue weighted by atomic mass is 16.3. The number of nitrogen functional groups attached to an aromatic ring is 1. The van der Waals surface area contributed by atoms with Gasteiger partial charge >= 0.3 is 0 Å². The molecule has 0 atom stereocenters. The van der Waals surface area contributed by atoms with Gasteiger partial charge in [-0.1, -0.05) is 41.5 Å². The Labute approximate surface area is 98.5 Å². The van der Waals surface area contributed by atoms with E-state index in [4.69, 9.17) is 5.73 Å². The lowest BCUT2D eigenvalue weighted by molar-refractivity contribution is 0.443. The van der Waals surface area contributed by atoms with Gasteiger partial charge in [-0.15, -0.1) is 0 Å². The molecule has 16 heavy (non-hydrogen) atoms. The van der Waals surface area contributed by atoms with Crippen LogP contribution in [0.4, 0.5) is 5.69 Å². The molecule has 3 N–H and O–H groups in total. The molecule has 90 valence electrons. The minimum absolute atomic E-state index is 0.0437. The number of rotatable bonds is 0. The molecule has 0 aliphatic heterocycles. The normalized spacial score (nSPS) is 12.9. The molecule has 0 aliphatic carbocycles. The van der Waals surface area contributed by atoms with Crippen molar-refractivity contribution < 1.29 is 5.11 Å². The van der Waals surface area contributed by atoms with Gasteiger partial charge in [0.2, 0.25) is 0 Å². The highest BCUT2D eigenvalue weighted by Gasteiger charge is 2.23. The third-order valence-electron chi connectivity index (χ3n) is 2.78. The molecule has 2 heteroatoms. The first-order valence-electron chi connectivity index (χ1n) is 5.67. The lowest BCUT2D eigenvalue weighted by Crippen LogP contribution is -2.17. The van der Waals surface area contributed by atoms with Crippen LogP contribution in [0.15, 0.2) is 12.1 Å². The zero-order valence-corrected chi connectivity index (χ0v) is 11.2. The van der Waals surface area contributed by atoms with E-state index >= 15 is 0 Å². The molecule has 0 radical (unpaired) electrons. The van der Waals surface area contributed by atoms with Crippen molar-refractivity contribution in [1.82, 2.24) is 0 Å². The Morgan fingerprint density at radius 1 is 0.875 bits per heavy atom. The molecule has 0 saturated heterocycles. The van der Waals surface area contributed by atoms with E-state index in [0.717, 1.165) is 16.8 Å². The largest absolute Gasteiger partial charge is 0.508 e. The van der Waals surface area contributed by atoms with Crippen molar-refractivity contribution in [2.75, 3.05) is 5.73 Å². The van der Waals surface area contributed by atoms with Gasteiger partial charge in [-0.2, -0.15) is 0 Å². The summed E-state index contributed by atoms with van der Waals surface area (Å²) in [6.45, 7) is 12.5. The van der Waals surface area contributed by atoms with E-state index in [-0.39, 0.29) is 10.8 Å². The second-order valence-electron chi connectivity index (χ2n) is 6.46. The predicted molar refractivity (Wildman–Crippen MR) is 69.9 cm³/mol. The predicted octanol–water partition coefficient (Wildman–Crippen LogP) is 3.57. The number of hydrogen-bond acceptors (Lipinski definition) is 2. The van der Waals surface area contributed by atoms with Crippen molar-refractivity contribution in [2.24, 2.45) is 0 Å². The Bertz CT molecular complexity index is 355. The van der Waals surface area contributed by atoms with Crippen LogP contribution in [0.3, 0.4) is 0 Å². The van der Waals surface area contributed by atoms with E-state index in [1.807, 2.05) is 6.07 Å². The van der Waals surface area contributed by atoms with Crippen LogP contribution >= 0.6 is 0 Å². The van der Waals surface area contributed by atoms with Gasteiger partial charge in [-0.25, -0.2) is 0 Å². The first kappa shape index (κ1) is 12.9. The minimum atomic E-state index is -0.0887. The molecule has 0 bridgehead atoms. The molecule has 0 aromatic heterocycles. The standard InChI is InChI=1S/C14H23NO/c1-13(2,3)9-8-12(16)10(7-11(9)15)14(4,5)6/h7-8,16H,15H2,1-6H3. The fourth-order valence-electron chi connectivity index (χ4n) is 1.86. The van der Waals surface area contributed by atoms with Crippen LogP contribution in [0, 0.1) is 0 Å². The molecule has 2 nitrogen and oxygen atoms in total. The van der Waals surface area contributed by atoms with E-state index in [0.29, 0.717) is 5.75 Å². The fourth-order valence-corrected chi connectivity index (χ4v) is 1.86. The molecule has 0 unspecified atom stereocenters. The fraction of sp³-hybridized carbons (Fsp3) is 0.571. The molecule has 0 spiro atoms. The number of anilines is 1. The summed E-state index contributed by atoms with van der Waals surface area (Å²) in [4.78, 5) is 0. The van der Waals surface area contributed by atoms with E-state index in [1.54, 1.807) is 6.07 Å². The number of benzene rings is 1. The smallest absolute Gasteiger partial charge is 0.119 e. The number of aromatic hydroxyl groups is 1. The van der Waals surface area contributed by atoms with Crippen LogP contribution in [0.5, 0.6) is 5.75 Å². The van der Waals surface area contributed by atoms with Gasteiger partial charge in [0.1, 0.15) is 5.75 Å². The van der Waals surface area contributed by atoms with Crippen LogP contribution in [0.25, 0.3) is 0 Å². The Morgan fingerprint density at radius 2 is 1.31 bits per heavy atom. The van der Waals surface area contributed by atoms with Crippen molar-refractivity contribution in [3.05, 3.63) is 23.3 Å². The summed E-state index contributed by atoms with van der Waals surface area (Å²) in [6, 6.07) is 3.70. The Hall–Kier alpha value is -1.18. The van der Waals surface area contributed by atoms with Crippen LogP contribution < -0.4 is 5.73 Å². The summed E-state index contributed by atoms with van der Waals surface area (Å²) in [6.07, 6.45) is 0. The SMILES string of the molecule is CC(C)(C)c1cc(O)c(C(C)(C)C)cc1N. The van der Waals surface area contributed by atoms with Gasteiger partial charge in [-0.3, -0.25) is 0 Å². The summed E-state index contributed by atoms with van der Waals surface area (Å²) in [5.41, 5.74) is 8.59. The average Bonchev–Trinajstić information content (AvgIpc) is 2.04. The van der Waals surface area contributed by atoms with Crippen molar-refractivity contribution in [2.45, 2.75) is 52.4 Å². The van der Waals surface area contributed by atoms with E-state index < -0.39 is 0 Å². The number of nitrogens with two attached hydrogens (primary N) is 1. The topological polar surface area (TPSA) is 46.2 Å². The summed E-state index contributed by atoms with van der Waals surface area (Å²) in [5.74, 6) is 0.339. The zero-order chi connectivity index (χ0) is 12.7. The molecule has 0 saturated carbocycles. The highest BCUT2D eigenvalue weighted by molar-refractivity contribution is 5.58. The average molecular weight is 221 g/mol.